The average Bonchev–Trinajstić information content (AvgIpc) is 3.06. The minimum atomic E-state index is -4.15. The highest BCUT2D eigenvalue weighted by molar-refractivity contribution is 7.52. The second-order valence-electron chi connectivity index (χ2n) is 8.67. The van der Waals surface area contributed by atoms with Crippen LogP contribution >= 0.6 is 7.75 Å². The first-order valence-electron chi connectivity index (χ1n) is 11.0. The SMILES string of the molecule is CC(C)OC(=O)[C@H](C)NP(=O)(OCC1C[C@@](C)(F)[C@H](n2ccc(N)nc2=O)O1)Oc1ccccc1. The van der Waals surface area contributed by atoms with Gasteiger partial charge in [-0.2, -0.15) is 10.1 Å². The number of anilines is 1. The maximum Gasteiger partial charge on any atom is 0.459 e. The van der Waals surface area contributed by atoms with E-state index in [1.165, 1.54) is 26.1 Å². The predicted molar refractivity (Wildman–Crippen MR) is 125 cm³/mol. The normalized spacial score (nSPS) is 24.6. The van der Waals surface area contributed by atoms with Gasteiger partial charge < -0.3 is 19.7 Å². The van der Waals surface area contributed by atoms with E-state index in [0.717, 1.165) is 4.57 Å². The fourth-order valence-corrected chi connectivity index (χ4v) is 5.01. The summed E-state index contributed by atoms with van der Waals surface area (Å²) in [4.78, 5) is 28.0. The first-order chi connectivity index (χ1) is 16.4. The number of hydrogen-bond acceptors (Lipinski definition) is 9. The summed E-state index contributed by atoms with van der Waals surface area (Å²) in [5, 5.41) is 2.56. The molecular weight excluding hydrogens is 482 g/mol. The molecule has 1 saturated heterocycles. The van der Waals surface area contributed by atoms with Crippen molar-refractivity contribution in [3.8, 4) is 5.75 Å². The summed E-state index contributed by atoms with van der Waals surface area (Å²) < 4.78 is 51.9. The molecule has 0 amide bonds. The van der Waals surface area contributed by atoms with Crippen molar-refractivity contribution in [3.63, 3.8) is 0 Å². The van der Waals surface area contributed by atoms with E-state index >= 15 is 4.39 Å². The van der Waals surface area contributed by atoms with E-state index in [4.69, 9.17) is 24.3 Å². The third-order valence-electron chi connectivity index (χ3n) is 5.02. The third kappa shape index (κ3) is 7.11. The Kier molecular flexibility index (Phi) is 8.32. The highest BCUT2D eigenvalue weighted by Gasteiger charge is 2.48. The van der Waals surface area contributed by atoms with Crippen molar-refractivity contribution in [1.29, 1.82) is 0 Å². The summed E-state index contributed by atoms with van der Waals surface area (Å²) in [5.74, 6) is -0.420. The number of rotatable bonds is 10. The number of alkyl halides is 1. The number of halogens is 1. The maximum absolute atomic E-state index is 15.3. The number of carbonyl (C=O) groups excluding carboxylic acids is 1. The summed E-state index contributed by atoms with van der Waals surface area (Å²) in [6, 6.07) is 8.55. The lowest BCUT2D eigenvalue weighted by Gasteiger charge is -2.24. The largest absolute Gasteiger partial charge is 0.462 e. The molecule has 5 atom stereocenters. The Morgan fingerprint density at radius 2 is 2.03 bits per heavy atom. The van der Waals surface area contributed by atoms with Gasteiger partial charge in [0.2, 0.25) is 0 Å². The molecular formula is C22H30FN4O7P. The average molecular weight is 512 g/mol. The molecule has 1 aliphatic heterocycles. The van der Waals surface area contributed by atoms with Crippen molar-refractivity contribution < 1.29 is 32.3 Å². The number of esters is 1. The number of hydrogen-bond donors (Lipinski definition) is 2. The number of para-hydroxylation sites is 1. The first-order valence-corrected chi connectivity index (χ1v) is 12.6. The van der Waals surface area contributed by atoms with Gasteiger partial charge in [-0.15, -0.1) is 0 Å². The summed E-state index contributed by atoms with van der Waals surface area (Å²) in [6.07, 6.45) is -1.42. The van der Waals surface area contributed by atoms with E-state index in [2.05, 4.69) is 10.1 Å². The van der Waals surface area contributed by atoms with E-state index in [0.29, 0.717) is 0 Å². The van der Waals surface area contributed by atoms with Gasteiger partial charge in [-0.1, -0.05) is 18.2 Å². The Labute approximate surface area is 202 Å². The number of nitrogens with one attached hydrogen (secondary N) is 1. The zero-order valence-electron chi connectivity index (χ0n) is 19.9. The highest BCUT2D eigenvalue weighted by atomic mass is 31.2. The number of ether oxygens (including phenoxy) is 2. The van der Waals surface area contributed by atoms with E-state index in [1.807, 2.05) is 0 Å². The highest BCUT2D eigenvalue weighted by Crippen LogP contribution is 2.47. The standard InChI is InChI=1S/C22H30FN4O7P/c1-14(2)32-19(28)15(3)26-35(30,34-16-8-6-5-7-9-16)31-13-17-12-22(4,23)20(33-17)27-11-10-18(24)25-21(27)29/h5-11,14-15,17,20H,12-13H2,1-4H3,(H,26,30)(H2,24,25,29)/t15-,17?,20+,22+,35?/m0/s1. The molecule has 1 aromatic carbocycles. The van der Waals surface area contributed by atoms with Crippen LogP contribution in [0.15, 0.2) is 47.4 Å². The molecule has 13 heteroatoms. The zero-order chi connectivity index (χ0) is 25.8. The number of aromatic nitrogens is 2. The summed E-state index contributed by atoms with van der Waals surface area (Å²) in [7, 11) is -4.15. The number of nitrogens with zero attached hydrogens (tertiary/aromatic N) is 2. The van der Waals surface area contributed by atoms with Crippen LogP contribution in [0.5, 0.6) is 5.75 Å². The van der Waals surface area contributed by atoms with Crippen molar-refractivity contribution in [1.82, 2.24) is 14.6 Å². The van der Waals surface area contributed by atoms with Crippen molar-refractivity contribution in [2.45, 2.75) is 64.3 Å². The monoisotopic (exact) mass is 512 g/mol. The number of benzene rings is 1. The molecule has 0 spiro atoms. The van der Waals surface area contributed by atoms with Crippen LogP contribution in [0.1, 0.15) is 40.3 Å². The Morgan fingerprint density at radius 3 is 2.66 bits per heavy atom. The molecule has 1 aromatic heterocycles. The minimum Gasteiger partial charge on any atom is -0.462 e. The lowest BCUT2D eigenvalue weighted by atomic mass is 10.0. The van der Waals surface area contributed by atoms with Gasteiger partial charge in [-0.25, -0.2) is 13.8 Å². The van der Waals surface area contributed by atoms with Gasteiger partial charge in [0.05, 0.1) is 18.8 Å². The fourth-order valence-electron chi connectivity index (χ4n) is 3.49. The van der Waals surface area contributed by atoms with Crippen LogP contribution < -0.4 is 21.0 Å². The lowest BCUT2D eigenvalue weighted by Crippen LogP contribution is -2.36. The van der Waals surface area contributed by atoms with Crippen LogP contribution in [0.4, 0.5) is 10.2 Å². The molecule has 2 heterocycles. The van der Waals surface area contributed by atoms with Gasteiger partial charge in [0.15, 0.2) is 11.9 Å². The molecule has 0 aliphatic carbocycles. The summed E-state index contributed by atoms with van der Waals surface area (Å²) >= 11 is 0. The first kappa shape index (κ1) is 26.8. The number of nitrogens with two attached hydrogens (primary N) is 1. The molecule has 35 heavy (non-hydrogen) atoms. The van der Waals surface area contributed by atoms with Crippen molar-refractivity contribution in [3.05, 3.63) is 53.1 Å². The van der Waals surface area contributed by atoms with Gasteiger partial charge in [-0.3, -0.25) is 13.9 Å². The van der Waals surface area contributed by atoms with Crippen LogP contribution in [0.2, 0.25) is 0 Å². The number of nitrogen functional groups attached to an aromatic ring is 1. The summed E-state index contributed by atoms with van der Waals surface area (Å²) in [6.45, 7) is 5.76. The minimum absolute atomic E-state index is 0.000113. The molecule has 2 aromatic rings. The molecule has 0 radical (unpaired) electrons. The smallest absolute Gasteiger partial charge is 0.459 e. The van der Waals surface area contributed by atoms with Gasteiger partial charge in [0.25, 0.3) is 0 Å². The number of carbonyl (C=O) groups is 1. The molecule has 0 bridgehead atoms. The predicted octanol–water partition coefficient (Wildman–Crippen LogP) is 2.97. The molecule has 3 rings (SSSR count). The molecule has 192 valence electrons. The van der Waals surface area contributed by atoms with Crippen LogP contribution in [-0.2, 0) is 23.4 Å². The van der Waals surface area contributed by atoms with Crippen LogP contribution in [0.3, 0.4) is 0 Å². The Morgan fingerprint density at radius 1 is 1.34 bits per heavy atom. The van der Waals surface area contributed by atoms with Gasteiger partial charge in [-0.05, 0) is 45.9 Å². The molecule has 3 N–H and O–H groups in total. The zero-order valence-corrected chi connectivity index (χ0v) is 20.8. The van der Waals surface area contributed by atoms with Crippen LogP contribution in [-0.4, -0.2) is 46.0 Å². The van der Waals surface area contributed by atoms with Crippen LogP contribution in [0.25, 0.3) is 0 Å². The summed E-state index contributed by atoms with van der Waals surface area (Å²) in [5.41, 5.74) is 2.78. The molecule has 1 fully saturated rings. The molecule has 2 unspecified atom stereocenters. The van der Waals surface area contributed by atoms with Crippen molar-refractivity contribution in [2.24, 2.45) is 0 Å². The Balaban J connectivity index is 1.74. The third-order valence-corrected chi connectivity index (χ3v) is 6.67. The molecule has 0 saturated carbocycles. The van der Waals surface area contributed by atoms with E-state index in [1.54, 1.807) is 44.2 Å². The Bertz CT molecular complexity index is 1130. The van der Waals surface area contributed by atoms with E-state index in [9.17, 15) is 14.2 Å². The van der Waals surface area contributed by atoms with Gasteiger partial charge in [0, 0.05) is 12.6 Å². The fraction of sp³-hybridized carbons (Fsp3) is 0.500. The second-order valence-corrected chi connectivity index (χ2v) is 10.4. The van der Waals surface area contributed by atoms with E-state index < -0.39 is 43.4 Å². The van der Waals surface area contributed by atoms with Gasteiger partial charge >= 0.3 is 19.4 Å². The van der Waals surface area contributed by atoms with Crippen LogP contribution in [0, 0.1) is 0 Å². The van der Waals surface area contributed by atoms with Crippen molar-refractivity contribution >= 4 is 19.5 Å². The second kappa shape index (κ2) is 10.9. The van der Waals surface area contributed by atoms with Crippen molar-refractivity contribution in [2.75, 3.05) is 12.3 Å². The molecule has 11 nitrogen and oxygen atoms in total. The maximum atomic E-state index is 15.3. The topological polar surface area (TPSA) is 144 Å². The lowest BCUT2D eigenvalue weighted by molar-refractivity contribution is -0.149. The van der Waals surface area contributed by atoms with Gasteiger partial charge in [0.1, 0.15) is 17.6 Å². The van der Waals surface area contributed by atoms with E-state index in [-0.39, 0.29) is 30.7 Å². The Hall–Kier alpha value is -2.79. The quantitative estimate of drug-likeness (QED) is 0.360. The molecule has 1 aliphatic rings.